The van der Waals surface area contributed by atoms with E-state index in [1.807, 2.05) is 42.5 Å². The van der Waals surface area contributed by atoms with E-state index < -0.39 is 5.97 Å². The molecule has 0 spiro atoms. The van der Waals surface area contributed by atoms with Gasteiger partial charge in [0.1, 0.15) is 17.2 Å². The van der Waals surface area contributed by atoms with Gasteiger partial charge >= 0.3 is 5.97 Å². The molecule has 1 N–H and O–H groups in total. The Hall–Kier alpha value is -2.95. The fraction of sp³-hybridized carbons (Fsp3) is 0.167. The highest BCUT2D eigenvalue weighted by molar-refractivity contribution is 5.71. The van der Waals surface area contributed by atoms with Crippen molar-refractivity contribution >= 4 is 18.1 Å². The summed E-state index contributed by atoms with van der Waals surface area (Å²) in [5.41, 5.74) is 1.92. The Morgan fingerprint density at radius 1 is 0.913 bits per heavy atom. The topological polar surface area (TPSA) is 65.0 Å². The van der Waals surface area contributed by atoms with E-state index in [2.05, 4.69) is 0 Å². The van der Waals surface area contributed by atoms with Crippen LogP contribution in [-0.4, -0.2) is 31.9 Å². The maximum Gasteiger partial charge on any atom is 0.341 e. The summed E-state index contributed by atoms with van der Waals surface area (Å²) in [7, 11) is 3.22. The standard InChI is InChI=1S/C18H18O5/c1-21-16-9-14(10-17(11-16)22-2)4-3-13-5-7-15(8-6-13)23-12-18(19)20/h3-11H,12H2,1-2H3,(H,19,20)/b4-3+. The van der Waals surface area contributed by atoms with Crippen LogP contribution in [0.2, 0.25) is 0 Å². The van der Waals surface area contributed by atoms with E-state index in [0.717, 1.165) is 22.6 Å². The van der Waals surface area contributed by atoms with E-state index in [1.165, 1.54) is 0 Å². The monoisotopic (exact) mass is 314 g/mol. The van der Waals surface area contributed by atoms with Crippen LogP contribution in [0.4, 0.5) is 0 Å². The number of carbonyl (C=O) groups is 1. The van der Waals surface area contributed by atoms with Crippen LogP contribution in [0.25, 0.3) is 12.2 Å². The molecule has 23 heavy (non-hydrogen) atoms. The van der Waals surface area contributed by atoms with Crippen LogP contribution in [0, 0.1) is 0 Å². The summed E-state index contributed by atoms with van der Waals surface area (Å²) in [6.45, 7) is -0.348. The van der Waals surface area contributed by atoms with E-state index >= 15 is 0 Å². The van der Waals surface area contributed by atoms with Gasteiger partial charge in [-0.2, -0.15) is 0 Å². The predicted octanol–water partition coefficient (Wildman–Crippen LogP) is 3.34. The first kappa shape index (κ1) is 16.4. The molecule has 0 unspecified atom stereocenters. The smallest absolute Gasteiger partial charge is 0.341 e. The lowest BCUT2D eigenvalue weighted by atomic mass is 10.1. The second-order valence-corrected chi connectivity index (χ2v) is 4.73. The van der Waals surface area contributed by atoms with Gasteiger partial charge in [-0.15, -0.1) is 0 Å². The molecule has 0 atom stereocenters. The molecule has 0 heterocycles. The third kappa shape index (κ3) is 5.07. The quantitative estimate of drug-likeness (QED) is 0.794. The van der Waals surface area contributed by atoms with Crippen LogP contribution in [0.5, 0.6) is 17.2 Å². The summed E-state index contributed by atoms with van der Waals surface area (Å²) >= 11 is 0. The molecule has 5 nitrogen and oxygen atoms in total. The maximum absolute atomic E-state index is 10.4. The van der Waals surface area contributed by atoms with Crippen molar-refractivity contribution in [3.8, 4) is 17.2 Å². The summed E-state index contributed by atoms with van der Waals surface area (Å²) in [5, 5.41) is 8.57. The average Bonchev–Trinajstić information content (AvgIpc) is 2.58. The van der Waals surface area contributed by atoms with Gasteiger partial charge in [-0.25, -0.2) is 4.79 Å². The number of ether oxygens (including phenoxy) is 3. The van der Waals surface area contributed by atoms with Crippen LogP contribution >= 0.6 is 0 Å². The van der Waals surface area contributed by atoms with Crippen LogP contribution in [0.1, 0.15) is 11.1 Å². The van der Waals surface area contributed by atoms with E-state index in [4.69, 9.17) is 19.3 Å². The molecule has 0 aliphatic rings. The maximum atomic E-state index is 10.4. The molecule has 0 bridgehead atoms. The van der Waals surface area contributed by atoms with Gasteiger partial charge in [-0.1, -0.05) is 24.3 Å². The second kappa shape index (κ2) is 7.89. The minimum Gasteiger partial charge on any atom is -0.497 e. The van der Waals surface area contributed by atoms with Gasteiger partial charge in [-0.3, -0.25) is 0 Å². The Morgan fingerprint density at radius 3 is 2.00 bits per heavy atom. The Morgan fingerprint density at radius 2 is 1.48 bits per heavy atom. The number of aliphatic carboxylic acids is 1. The molecule has 0 saturated carbocycles. The molecule has 0 aromatic heterocycles. The molecule has 0 fully saturated rings. The Kier molecular flexibility index (Phi) is 5.63. The van der Waals surface area contributed by atoms with Gasteiger partial charge < -0.3 is 19.3 Å². The first-order valence-electron chi connectivity index (χ1n) is 6.96. The number of hydrogen-bond donors (Lipinski definition) is 1. The fourth-order valence-corrected chi connectivity index (χ4v) is 1.94. The van der Waals surface area contributed by atoms with E-state index in [-0.39, 0.29) is 6.61 Å². The Labute approximate surface area is 134 Å². The van der Waals surface area contributed by atoms with Crippen LogP contribution in [-0.2, 0) is 4.79 Å². The fourth-order valence-electron chi connectivity index (χ4n) is 1.94. The van der Waals surface area contributed by atoms with Gasteiger partial charge in [0.05, 0.1) is 14.2 Å². The summed E-state index contributed by atoms with van der Waals surface area (Å²) in [6, 6.07) is 12.8. The summed E-state index contributed by atoms with van der Waals surface area (Å²) in [5.74, 6) is 0.969. The number of benzene rings is 2. The third-order valence-electron chi connectivity index (χ3n) is 3.08. The molecule has 0 saturated heterocycles. The number of methoxy groups -OCH3 is 2. The largest absolute Gasteiger partial charge is 0.497 e. The van der Waals surface area contributed by atoms with Gasteiger partial charge in [0.2, 0.25) is 0 Å². The Bertz CT molecular complexity index is 667. The van der Waals surface area contributed by atoms with Gasteiger partial charge in [0.25, 0.3) is 0 Å². The van der Waals surface area contributed by atoms with Crippen LogP contribution < -0.4 is 14.2 Å². The zero-order valence-corrected chi connectivity index (χ0v) is 13.0. The highest BCUT2D eigenvalue weighted by atomic mass is 16.5. The van der Waals surface area contributed by atoms with Gasteiger partial charge in [0.15, 0.2) is 6.61 Å². The van der Waals surface area contributed by atoms with Crippen molar-refractivity contribution in [2.24, 2.45) is 0 Å². The molecular formula is C18H18O5. The molecule has 2 aromatic carbocycles. The summed E-state index contributed by atoms with van der Waals surface area (Å²) in [4.78, 5) is 10.4. The van der Waals surface area contributed by atoms with Crippen molar-refractivity contribution in [2.75, 3.05) is 20.8 Å². The SMILES string of the molecule is COc1cc(/C=C/c2ccc(OCC(=O)O)cc2)cc(OC)c1. The molecule has 0 aliphatic carbocycles. The van der Waals surface area contributed by atoms with Crippen LogP contribution in [0.3, 0.4) is 0 Å². The highest BCUT2D eigenvalue weighted by Gasteiger charge is 2.00. The zero-order valence-electron chi connectivity index (χ0n) is 13.0. The Balaban J connectivity index is 2.09. The van der Waals surface area contributed by atoms with Crippen molar-refractivity contribution in [2.45, 2.75) is 0 Å². The normalized spacial score (nSPS) is 10.5. The van der Waals surface area contributed by atoms with E-state index in [0.29, 0.717) is 5.75 Å². The molecule has 0 radical (unpaired) electrons. The molecule has 2 aromatic rings. The third-order valence-corrected chi connectivity index (χ3v) is 3.08. The lowest BCUT2D eigenvalue weighted by molar-refractivity contribution is -0.139. The number of hydrogen-bond acceptors (Lipinski definition) is 4. The zero-order chi connectivity index (χ0) is 16.7. The van der Waals surface area contributed by atoms with E-state index in [1.54, 1.807) is 26.4 Å². The van der Waals surface area contributed by atoms with Crippen molar-refractivity contribution in [1.29, 1.82) is 0 Å². The first-order valence-corrected chi connectivity index (χ1v) is 6.96. The molecular weight excluding hydrogens is 296 g/mol. The lowest BCUT2D eigenvalue weighted by Gasteiger charge is -2.06. The van der Waals surface area contributed by atoms with E-state index in [9.17, 15) is 4.79 Å². The van der Waals surface area contributed by atoms with Gasteiger partial charge in [-0.05, 0) is 35.4 Å². The molecule has 2 rings (SSSR count). The molecule has 5 heteroatoms. The van der Waals surface area contributed by atoms with Gasteiger partial charge in [0, 0.05) is 6.07 Å². The molecule has 0 aliphatic heterocycles. The first-order chi connectivity index (χ1) is 11.1. The van der Waals surface area contributed by atoms with Crippen molar-refractivity contribution in [3.05, 3.63) is 53.6 Å². The number of carboxylic acid groups (broad SMARTS) is 1. The summed E-state index contributed by atoms with van der Waals surface area (Å²) in [6.07, 6.45) is 3.88. The molecule has 0 amide bonds. The minimum absolute atomic E-state index is 0.348. The predicted molar refractivity (Wildman–Crippen MR) is 88.0 cm³/mol. The summed E-state index contributed by atoms with van der Waals surface area (Å²) < 4.78 is 15.6. The van der Waals surface area contributed by atoms with Crippen molar-refractivity contribution < 1.29 is 24.1 Å². The molecule has 120 valence electrons. The van der Waals surface area contributed by atoms with Crippen molar-refractivity contribution in [1.82, 2.24) is 0 Å². The lowest BCUT2D eigenvalue weighted by Crippen LogP contribution is -2.09. The van der Waals surface area contributed by atoms with Crippen molar-refractivity contribution in [3.63, 3.8) is 0 Å². The van der Waals surface area contributed by atoms with Crippen LogP contribution in [0.15, 0.2) is 42.5 Å². The second-order valence-electron chi connectivity index (χ2n) is 4.73. The minimum atomic E-state index is -0.999. The number of rotatable bonds is 7. The average molecular weight is 314 g/mol. The highest BCUT2D eigenvalue weighted by Crippen LogP contribution is 2.24. The number of carboxylic acids is 1.